The summed E-state index contributed by atoms with van der Waals surface area (Å²) in [5, 5.41) is 0.453. The number of rotatable bonds is 4. The lowest BCUT2D eigenvalue weighted by Crippen LogP contribution is -2.26. The van der Waals surface area contributed by atoms with Crippen LogP contribution in [0.1, 0.15) is 11.1 Å². The van der Waals surface area contributed by atoms with Crippen molar-refractivity contribution in [2.45, 2.75) is 6.61 Å². The number of carbonyl (C=O) groups is 1. The van der Waals surface area contributed by atoms with Gasteiger partial charge in [0.05, 0.1) is 0 Å². The van der Waals surface area contributed by atoms with Crippen LogP contribution in [0.2, 0.25) is 0 Å². The van der Waals surface area contributed by atoms with Crippen molar-refractivity contribution in [3.05, 3.63) is 71.2 Å². The summed E-state index contributed by atoms with van der Waals surface area (Å²) in [5.41, 5.74) is 1.97. The van der Waals surface area contributed by atoms with Crippen molar-refractivity contribution in [2.75, 3.05) is 14.1 Å². The van der Waals surface area contributed by atoms with E-state index in [1.165, 1.54) is 17.0 Å². The molecule has 0 bridgehead atoms. The van der Waals surface area contributed by atoms with Crippen LogP contribution in [-0.2, 0) is 11.4 Å². The molecule has 1 aliphatic rings. The highest BCUT2D eigenvalue weighted by atomic mass is 32.1. The Hall–Kier alpha value is -2.73. The van der Waals surface area contributed by atoms with E-state index in [0.717, 1.165) is 11.1 Å². The Kier molecular flexibility index (Phi) is 4.81. The van der Waals surface area contributed by atoms with Crippen LogP contribution in [0.15, 0.2) is 54.2 Å². The van der Waals surface area contributed by atoms with Crippen LogP contribution in [0.5, 0.6) is 5.75 Å². The van der Waals surface area contributed by atoms with Gasteiger partial charge in [0.15, 0.2) is 5.11 Å². The van der Waals surface area contributed by atoms with E-state index < -0.39 is 0 Å². The molecular weight excluding hydrogens is 339 g/mol. The van der Waals surface area contributed by atoms with Gasteiger partial charge in [-0.05, 0) is 42.1 Å². The van der Waals surface area contributed by atoms with E-state index in [1.807, 2.05) is 24.3 Å². The Morgan fingerprint density at radius 1 is 1.12 bits per heavy atom. The van der Waals surface area contributed by atoms with Crippen molar-refractivity contribution < 1.29 is 13.9 Å². The number of hydrogen-bond acceptors (Lipinski definition) is 3. The third-order valence-corrected chi connectivity index (χ3v) is 4.50. The highest BCUT2D eigenvalue weighted by molar-refractivity contribution is 7.80. The normalized spacial score (nSPS) is 16.0. The minimum absolute atomic E-state index is 0.160. The highest BCUT2D eigenvalue weighted by Crippen LogP contribution is 2.26. The molecule has 3 rings (SSSR count). The maximum atomic E-state index is 13.3. The van der Waals surface area contributed by atoms with Gasteiger partial charge in [0, 0.05) is 19.7 Å². The zero-order chi connectivity index (χ0) is 18.0. The van der Waals surface area contributed by atoms with Gasteiger partial charge in [-0.1, -0.05) is 30.3 Å². The average molecular weight is 356 g/mol. The number of amides is 1. The molecule has 1 saturated heterocycles. The lowest BCUT2D eigenvalue weighted by atomic mass is 10.1. The van der Waals surface area contributed by atoms with E-state index in [2.05, 4.69) is 0 Å². The Bertz CT molecular complexity index is 866. The van der Waals surface area contributed by atoms with Gasteiger partial charge in [0.1, 0.15) is 23.9 Å². The van der Waals surface area contributed by atoms with Crippen molar-refractivity contribution in [2.24, 2.45) is 0 Å². The molecule has 2 aromatic rings. The molecule has 0 aliphatic carbocycles. The van der Waals surface area contributed by atoms with Gasteiger partial charge in [-0.15, -0.1) is 0 Å². The van der Waals surface area contributed by atoms with Crippen LogP contribution >= 0.6 is 12.2 Å². The van der Waals surface area contributed by atoms with E-state index in [9.17, 15) is 9.18 Å². The third-order valence-electron chi connectivity index (χ3n) is 3.95. The van der Waals surface area contributed by atoms with Gasteiger partial charge in [-0.3, -0.25) is 9.69 Å². The van der Waals surface area contributed by atoms with Gasteiger partial charge in [0.25, 0.3) is 5.91 Å². The van der Waals surface area contributed by atoms with Crippen molar-refractivity contribution in [3.63, 3.8) is 0 Å². The van der Waals surface area contributed by atoms with Gasteiger partial charge in [-0.25, -0.2) is 4.39 Å². The summed E-state index contributed by atoms with van der Waals surface area (Å²) in [6, 6.07) is 13.6. The zero-order valence-corrected chi connectivity index (χ0v) is 14.7. The van der Waals surface area contributed by atoms with Crippen LogP contribution < -0.4 is 4.74 Å². The number of hydrogen-bond donors (Lipinski definition) is 0. The molecular formula is C19H17FN2O2S. The van der Waals surface area contributed by atoms with Gasteiger partial charge in [-0.2, -0.15) is 0 Å². The molecule has 1 fully saturated rings. The Morgan fingerprint density at radius 2 is 1.88 bits per heavy atom. The zero-order valence-electron chi connectivity index (χ0n) is 13.9. The minimum Gasteiger partial charge on any atom is -0.488 e. The number of benzene rings is 2. The summed E-state index contributed by atoms with van der Waals surface area (Å²) in [4.78, 5) is 15.4. The third kappa shape index (κ3) is 3.53. The summed E-state index contributed by atoms with van der Waals surface area (Å²) in [6.07, 6.45) is 1.75. The van der Waals surface area contributed by atoms with Crippen molar-refractivity contribution in [1.82, 2.24) is 9.80 Å². The molecule has 0 radical (unpaired) electrons. The maximum absolute atomic E-state index is 13.3. The second-order valence-electron chi connectivity index (χ2n) is 5.69. The van der Waals surface area contributed by atoms with Crippen LogP contribution in [0.4, 0.5) is 4.39 Å². The Morgan fingerprint density at radius 3 is 2.56 bits per heavy atom. The van der Waals surface area contributed by atoms with Gasteiger partial charge < -0.3 is 9.64 Å². The lowest BCUT2D eigenvalue weighted by molar-refractivity contribution is -0.121. The van der Waals surface area contributed by atoms with Crippen molar-refractivity contribution in [1.29, 1.82) is 0 Å². The molecule has 1 heterocycles. The molecule has 0 saturated carbocycles. The van der Waals surface area contributed by atoms with Crippen LogP contribution in [0.25, 0.3) is 6.08 Å². The molecule has 6 heteroatoms. The number of ether oxygens (including phenoxy) is 1. The van der Waals surface area contributed by atoms with E-state index in [1.54, 1.807) is 37.2 Å². The predicted octanol–water partition coefficient (Wildman–Crippen LogP) is 3.43. The monoisotopic (exact) mass is 356 g/mol. The molecule has 0 N–H and O–H groups in total. The second-order valence-corrected chi connectivity index (χ2v) is 6.06. The minimum atomic E-state index is -0.300. The predicted molar refractivity (Wildman–Crippen MR) is 98.3 cm³/mol. The fourth-order valence-electron chi connectivity index (χ4n) is 2.56. The SMILES string of the molecule is CN1C(=O)/C(=C\c2ccccc2OCc2cccc(F)c2)N(C)C1=S. The summed E-state index contributed by atoms with van der Waals surface area (Å²) < 4.78 is 19.1. The first kappa shape index (κ1) is 17.1. The van der Waals surface area contributed by atoms with Gasteiger partial charge in [0.2, 0.25) is 0 Å². The molecule has 4 nitrogen and oxygen atoms in total. The fraction of sp³-hybridized carbons (Fsp3) is 0.158. The summed E-state index contributed by atoms with van der Waals surface area (Å²) in [6.45, 7) is 0.236. The number of para-hydroxylation sites is 1. The molecule has 1 aliphatic heterocycles. The lowest BCUT2D eigenvalue weighted by Gasteiger charge is -2.12. The van der Waals surface area contributed by atoms with E-state index >= 15 is 0 Å². The van der Waals surface area contributed by atoms with Gasteiger partial charge >= 0.3 is 0 Å². The topological polar surface area (TPSA) is 32.8 Å². The van der Waals surface area contributed by atoms with Crippen molar-refractivity contribution in [3.8, 4) is 5.75 Å². The van der Waals surface area contributed by atoms with E-state index in [4.69, 9.17) is 17.0 Å². The summed E-state index contributed by atoms with van der Waals surface area (Å²) >= 11 is 5.22. The first-order chi connectivity index (χ1) is 12.0. The van der Waals surface area contributed by atoms with Crippen LogP contribution in [0, 0.1) is 5.82 Å². The first-order valence-electron chi connectivity index (χ1n) is 7.71. The molecule has 0 unspecified atom stereocenters. The Labute approximate surface area is 151 Å². The molecule has 0 spiro atoms. The molecule has 0 atom stereocenters. The molecule has 25 heavy (non-hydrogen) atoms. The summed E-state index contributed by atoms with van der Waals surface area (Å²) in [5.74, 6) is 0.152. The average Bonchev–Trinajstić information content (AvgIpc) is 2.79. The number of carbonyl (C=O) groups excluding carboxylic acids is 1. The quantitative estimate of drug-likeness (QED) is 0.621. The standard InChI is InChI=1S/C19H17FN2O2S/c1-21-16(18(23)22(2)19(21)25)11-14-7-3-4-9-17(14)24-12-13-6-5-8-15(20)10-13/h3-11H,12H2,1-2H3/b16-11+. The second kappa shape index (κ2) is 7.03. The molecule has 2 aromatic carbocycles. The smallest absolute Gasteiger partial charge is 0.276 e. The largest absolute Gasteiger partial charge is 0.488 e. The highest BCUT2D eigenvalue weighted by Gasteiger charge is 2.32. The molecule has 0 aromatic heterocycles. The fourth-order valence-corrected chi connectivity index (χ4v) is 2.74. The molecule has 128 valence electrons. The van der Waals surface area contributed by atoms with E-state index in [0.29, 0.717) is 16.6 Å². The summed E-state index contributed by atoms with van der Waals surface area (Å²) in [7, 11) is 3.40. The van der Waals surface area contributed by atoms with E-state index in [-0.39, 0.29) is 18.3 Å². The first-order valence-corrected chi connectivity index (χ1v) is 8.12. The number of thiocarbonyl (C=S) groups is 1. The molecule has 1 amide bonds. The number of likely N-dealkylation sites (N-methyl/N-ethyl adjacent to an activating group) is 2. The Balaban J connectivity index is 1.85. The van der Waals surface area contributed by atoms with Crippen LogP contribution in [-0.4, -0.2) is 34.9 Å². The van der Waals surface area contributed by atoms with Crippen molar-refractivity contribution >= 4 is 29.3 Å². The van der Waals surface area contributed by atoms with Crippen LogP contribution in [0.3, 0.4) is 0 Å². The number of nitrogens with zero attached hydrogens (tertiary/aromatic N) is 2. The number of halogens is 1. The maximum Gasteiger partial charge on any atom is 0.276 e.